The molecule has 1 fully saturated rings. The molecule has 90 valence electrons. The summed E-state index contributed by atoms with van der Waals surface area (Å²) in [5.74, 6) is 0. The van der Waals surface area contributed by atoms with Crippen molar-refractivity contribution >= 4 is 11.8 Å². The summed E-state index contributed by atoms with van der Waals surface area (Å²) in [7, 11) is 0. The SMILES string of the molecule is C/C1=C/CC(C)(C)/C=C\CC2(C)SC2CC1. The molecule has 0 amide bonds. The fourth-order valence-corrected chi connectivity index (χ4v) is 3.64. The molecule has 0 saturated carbocycles. The van der Waals surface area contributed by atoms with E-state index >= 15 is 0 Å². The van der Waals surface area contributed by atoms with Crippen LogP contribution in [0.2, 0.25) is 0 Å². The number of hydrogen-bond acceptors (Lipinski definition) is 1. The zero-order valence-electron chi connectivity index (χ0n) is 11.0. The maximum absolute atomic E-state index is 2.44. The minimum atomic E-state index is 0.330. The normalized spacial score (nSPS) is 43.5. The highest BCUT2D eigenvalue weighted by molar-refractivity contribution is 8.08. The van der Waals surface area contributed by atoms with Crippen molar-refractivity contribution in [1.82, 2.24) is 0 Å². The van der Waals surface area contributed by atoms with Gasteiger partial charge in [0, 0.05) is 10.00 Å². The Labute approximate surface area is 105 Å². The van der Waals surface area contributed by atoms with E-state index in [1.54, 1.807) is 5.57 Å². The van der Waals surface area contributed by atoms with Crippen LogP contribution >= 0.6 is 11.8 Å². The van der Waals surface area contributed by atoms with Crippen LogP contribution in [-0.4, -0.2) is 10.00 Å². The summed E-state index contributed by atoms with van der Waals surface area (Å²) in [5.41, 5.74) is 1.91. The van der Waals surface area contributed by atoms with Crippen molar-refractivity contribution in [3.63, 3.8) is 0 Å². The lowest BCUT2D eigenvalue weighted by molar-refractivity contribution is 0.485. The van der Waals surface area contributed by atoms with Crippen molar-refractivity contribution in [3.05, 3.63) is 23.8 Å². The number of fused-ring (bicyclic) bond motifs is 1. The van der Waals surface area contributed by atoms with Gasteiger partial charge in [0.25, 0.3) is 0 Å². The summed E-state index contributed by atoms with van der Waals surface area (Å²) in [4.78, 5) is 0. The van der Waals surface area contributed by atoms with E-state index in [4.69, 9.17) is 0 Å². The Kier molecular flexibility index (Phi) is 3.27. The molecule has 1 heterocycles. The third kappa shape index (κ3) is 2.94. The maximum Gasteiger partial charge on any atom is 0.0288 e. The maximum atomic E-state index is 2.44. The van der Waals surface area contributed by atoms with Gasteiger partial charge < -0.3 is 0 Å². The largest absolute Gasteiger partial charge is 0.149 e. The molecule has 1 heteroatoms. The molecule has 16 heavy (non-hydrogen) atoms. The van der Waals surface area contributed by atoms with Crippen LogP contribution in [0.5, 0.6) is 0 Å². The van der Waals surface area contributed by atoms with Crippen LogP contribution in [0, 0.1) is 5.41 Å². The first-order valence-corrected chi connectivity index (χ1v) is 7.30. The molecule has 0 bridgehead atoms. The van der Waals surface area contributed by atoms with Crippen molar-refractivity contribution in [2.24, 2.45) is 5.41 Å². The third-order valence-electron chi connectivity index (χ3n) is 3.91. The molecule has 1 saturated heterocycles. The van der Waals surface area contributed by atoms with E-state index in [0.29, 0.717) is 10.2 Å². The van der Waals surface area contributed by atoms with E-state index in [0.717, 1.165) is 5.25 Å². The van der Waals surface area contributed by atoms with Crippen LogP contribution in [0.15, 0.2) is 23.8 Å². The predicted octanol–water partition coefficient (Wildman–Crippen LogP) is 4.96. The number of rotatable bonds is 0. The van der Waals surface area contributed by atoms with Gasteiger partial charge in [-0.3, -0.25) is 0 Å². The highest BCUT2D eigenvalue weighted by atomic mass is 32.2. The quantitative estimate of drug-likeness (QED) is 0.423. The molecule has 2 aliphatic rings. The highest BCUT2D eigenvalue weighted by Crippen LogP contribution is 2.58. The minimum absolute atomic E-state index is 0.330. The number of allylic oxidation sites excluding steroid dienone is 4. The van der Waals surface area contributed by atoms with Gasteiger partial charge in [0.2, 0.25) is 0 Å². The van der Waals surface area contributed by atoms with Crippen LogP contribution < -0.4 is 0 Å². The first-order chi connectivity index (χ1) is 7.41. The smallest absolute Gasteiger partial charge is 0.0288 e. The van der Waals surface area contributed by atoms with E-state index in [2.05, 4.69) is 57.7 Å². The molecule has 1 aliphatic carbocycles. The first-order valence-electron chi connectivity index (χ1n) is 6.42. The van der Waals surface area contributed by atoms with Gasteiger partial charge in [0.15, 0.2) is 0 Å². The fourth-order valence-electron chi connectivity index (χ4n) is 2.41. The molecule has 2 unspecified atom stereocenters. The second-order valence-corrected chi connectivity index (χ2v) is 8.04. The van der Waals surface area contributed by atoms with Crippen LogP contribution in [0.1, 0.15) is 53.4 Å². The van der Waals surface area contributed by atoms with Crippen molar-refractivity contribution in [2.75, 3.05) is 0 Å². The molecule has 0 spiro atoms. The summed E-state index contributed by atoms with van der Waals surface area (Å²) in [6.07, 6.45) is 12.4. The van der Waals surface area contributed by atoms with Crippen molar-refractivity contribution in [3.8, 4) is 0 Å². The van der Waals surface area contributed by atoms with Gasteiger partial charge in [-0.05, 0) is 44.9 Å². The van der Waals surface area contributed by atoms with E-state index < -0.39 is 0 Å². The fraction of sp³-hybridized carbons (Fsp3) is 0.733. The Balaban J connectivity index is 2.11. The molecule has 0 N–H and O–H groups in total. The highest BCUT2D eigenvalue weighted by Gasteiger charge is 2.49. The average Bonchev–Trinajstić information content (AvgIpc) is 2.82. The summed E-state index contributed by atoms with van der Waals surface area (Å²) >= 11 is 2.18. The van der Waals surface area contributed by atoms with Crippen LogP contribution in [0.4, 0.5) is 0 Å². The topological polar surface area (TPSA) is 0 Å². The zero-order valence-corrected chi connectivity index (χ0v) is 11.9. The Hall–Kier alpha value is -0.170. The monoisotopic (exact) mass is 236 g/mol. The van der Waals surface area contributed by atoms with E-state index in [9.17, 15) is 0 Å². The van der Waals surface area contributed by atoms with E-state index in [1.165, 1.54) is 25.7 Å². The Morgan fingerprint density at radius 1 is 1.25 bits per heavy atom. The predicted molar refractivity (Wildman–Crippen MR) is 74.9 cm³/mol. The summed E-state index contributed by atoms with van der Waals surface area (Å²) in [5, 5.41) is 0.904. The van der Waals surface area contributed by atoms with Crippen molar-refractivity contribution < 1.29 is 0 Å². The summed E-state index contributed by atoms with van der Waals surface area (Å²) < 4.78 is 0.553. The van der Waals surface area contributed by atoms with Crippen molar-refractivity contribution in [2.45, 2.75) is 63.4 Å². The number of hydrogen-bond donors (Lipinski definition) is 0. The van der Waals surface area contributed by atoms with Gasteiger partial charge in [-0.1, -0.05) is 37.6 Å². The average molecular weight is 236 g/mol. The van der Waals surface area contributed by atoms with Gasteiger partial charge in [-0.25, -0.2) is 0 Å². The molecule has 0 nitrogen and oxygen atoms in total. The first kappa shape index (κ1) is 12.3. The molecule has 2 atom stereocenters. The van der Waals surface area contributed by atoms with Gasteiger partial charge in [-0.15, -0.1) is 11.8 Å². The second-order valence-electron chi connectivity index (χ2n) is 6.31. The van der Waals surface area contributed by atoms with Gasteiger partial charge in [-0.2, -0.15) is 0 Å². The third-order valence-corrected chi connectivity index (χ3v) is 5.68. The van der Waals surface area contributed by atoms with Crippen molar-refractivity contribution in [1.29, 1.82) is 0 Å². The van der Waals surface area contributed by atoms with Gasteiger partial charge >= 0.3 is 0 Å². The molecular weight excluding hydrogens is 212 g/mol. The van der Waals surface area contributed by atoms with Crippen LogP contribution in [0.25, 0.3) is 0 Å². The Morgan fingerprint density at radius 2 is 2.00 bits per heavy atom. The van der Waals surface area contributed by atoms with E-state index in [1.807, 2.05) is 0 Å². The zero-order chi connectivity index (χ0) is 11.8. The lowest BCUT2D eigenvalue weighted by atomic mass is 9.87. The van der Waals surface area contributed by atoms with Crippen LogP contribution in [0.3, 0.4) is 0 Å². The Bertz CT molecular complexity index is 324. The second kappa shape index (κ2) is 4.25. The lowest BCUT2D eigenvalue weighted by Gasteiger charge is -2.18. The molecular formula is C15H24S. The molecule has 0 aromatic heterocycles. The molecule has 2 rings (SSSR count). The van der Waals surface area contributed by atoms with Gasteiger partial charge in [0.1, 0.15) is 0 Å². The standard InChI is InChI=1S/C15H24S/c1-12-6-7-13-15(4,16-13)10-5-9-14(2,3)11-8-12/h5,8-9,13H,6-7,10-11H2,1-4H3/b9-5-,12-8-. The van der Waals surface area contributed by atoms with E-state index in [-0.39, 0.29) is 0 Å². The lowest BCUT2D eigenvalue weighted by Crippen LogP contribution is -2.09. The molecule has 0 aromatic rings. The number of thioether (sulfide) groups is 1. The summed E-state index contributed by atoms with van der Waals surface area (Å²) in [6.45, 7) is 9.40. The van der Waals surface area contributed by atoms with Crippen LogP contribution in [-0.2, 0) is 0 Å². The van der Waals surface area contributed by atoms with Gasteiger partial charge in [0.05, 0.1) is 0 Å². The minimum Gasteiger partial charge on any atom is -0.149 e. The summed E-state index contributed by atoms with van der Waals surface area (Å²) in [6, 6.07) is 0. The molecule has 0 radical (unpaired) electrons. The molecule has 0 aromatic carbocycles. The molecule has 1 aliphatic heterocycles. The Morgan fingerprint density at radius 3 is 2.75 bits per heavy atom.